The van der Waals surface area contributed by atoms with E-state index in [1.54, 1.807) is 11.3 Å². The number of rotatable bonds is 3. The van der Waals surface area contributed by atoms with Crippen LogP contribution < -0.4 is 11.3 Å². The highest BCUT2D eigenvalue weighted by Crippen LogP contribution is 2.29. The second-order valence-corrected chi connectivity index (χ2v) is 5.82. The van der Waals surface area contributed by atoms with Crippen molar-refractivity contribution in [2.45, 2.75) is 13.0 Å². The van der Waals surface area contributed by atoms with Crippen molar-refractivity contribution in [1.82, 2.24) is 5.43 Å². The first-order valence-corrected chi connectivity index (χ1v) is 6.94. The maximum Gasteiger partial charge on any atom is 0.0805 e. The van der Waals surface area contributed by atoms with Crippen LogP contribution in [0.5, 0.6) is 0 Å². The lowest BCUT2D eigenvalue weighted by atomic mass is 10.0. The molecule has 1 aromatic heterocycles. The van der Waals surface area contributed by atoms with Crippen LogP contribution in [0, 0.1) is 10.5 Å². The van der Waals surface area contributed by atoms with E-state index >= 15 is 0 Å². The normalized spacial score (nSPS) is 12.7. The van der Waals surface area contributed by atoms with E-state index in [-0.39, 0.29) is 6.04 Å². The number of thiophene rings is 1. The summed E-state index contributed by atoms with van der Waals surface area (Å²) >= 11 is 4.05. The van der Waals surface area contributed by atoms with Crippen LogP contribution in [0.2, 0.25) is 0 Å². The third kappa shape index (κ3) is 2.45. The predicted molar refractivity (Wildman–Crippen MR) is 77.4 cm³/mol. The minimum Gasteiger partial charge on any atom is -0.271 e. The number of aryl methyl sites for hydroxylation is 1. The minimum atomic E-state index is 0.0923. The van der Waals surface area contributed by atoms with Gasteiger partial charge in [-0.3, -0.25) is 5.84 Å². The molecule has 2 rings (SSSR count). The number of nitrogens with two attached hydrogens (primary N) is 1. The fraction of sp³-hybridized carbons (Fsp3) is 0.167. The van der Waals surface area contributed by atoms with Crippen LogP contribution in [0.3, 0.4) is 0 Å². The molecule has 0 radical (unpaired) electrons. The molecule has 1 unspecified atom stereocenters. The average molecular weight is 344 g/mol. The van der Waals surface area contributed by atoms with E-state index in [0.717, 1.165) is 0 Å². The Morgan fingerprint density at radius 2 is 2.19 bits per heavy atom. The molecule has 0 fully saturated rings. The fourth-order valence-electron chi connectivity index (χ4n) is 1.69. The zero-order valence-corrected chi connectivity index (χ0v) is 11.9. The van der Waals surface area contributed by atoms with Gasteiger partial charge < -0.3 is 0 Å². The molecule has 0 bridgehead atoms. The minimum absolute atomic E-state index is 0.0923. The van der Waals surface area contributed by atoms with Gasteiger partial charge in [-0.15, -0.1) is 11.3 Å². The molecule has 4 heteroatoms. The van der Waals surface area contributed by atoms with E-state index < -0.39 is 0 Å². The highest BCUT2D eigenvalue weighted by atomic mass is 127. The Balaban J connectivity index is 2.40. The molecule has 84 valence electrons. The second kappa shape index (κ2) is 5.27. The lowest BCUT2D eigenvalue weighted by Crippen LogP contribution is -2.28. The Morgan fingerprint density at radius 3 is 2.75 bits per heavy atom. The van der Waals surface area contributed by atoms with Crippen molar-refractivity contribution in [2.75, 3.05) is 0 Å². The third-order valence-corrected chi connectivity index (χ3v) is 4.27. The lowest BCUT2D eigenvalue weighted by molar-refractivity contribution is 0.643. The Labute approximate surface area is 113 Å². The van der Waals surface area contributed by atoms with E-state index in [1.165, 1.54) is 19.6 Å². The summed E-state index contributed by atoms with van der Waals surface area (Å²) < 4.78 is 1.23. The summed E-state index contributed by atoms with van der Waals surface area (Å²) in [6, 6.07) is 10.6. The first-order valence-electron chi connectivity index (χ1n) is 4.98. The molecule has 1 heterocycles. The standard InChI is InChI=1S/C12H13IN2S/c1-8-5-6-16-12(8)11(15-14)9-3-2-4-10(13)7-9/h2-7,11,15H,14H2,1H3. The van der Waals surface area contributed by atoms with Crippen LogP contribution in [0.25, 0.3) is 0 Å². The SMILES string of the molecule is Cc1ccsc1C(NN)c1cccc(I)c1. The van der Waals surface area contributed by atoms with Crippen LogP contribution in [0.1, 0.15) is 22.0 Å². The monoisotopic (exact) mass is 344 g/mol. The first kappa shape index (κ1) is 12.0. The van der Waals surface area contributed by atoms with Gasteiger partial charge in [-0.25, -0.2) is 5.43 Å². The quantitative estimate of drug-likeness (QED) is 0.510. The van der Waals surface area contributed by atoms with Gasteiger partial charge in [0.05, 0.1) is 6.04 Å². The van der Waals surface area contributed by atoms with Crippen LogP contribution in [0.15, 0.2) is 35.7 Å². The van der Waals surface area contributed by atoms with E-state index in [1.807, 2.05) is 0 Å². The zero-order chi connectivity index (χ0) is 11.5. The number of nitrogens with one attached hydrogen (secondary N) is 1. The first-order chi connectivity index (χ1) is 7.72. The topological polar surface area (TPSA) is 38.0 Å². The van der Waals surface area contributed by atoms with Gasteiger partial charge >= 0.3 is 0 Å². The van der Waals surface area contributed by atoms with Crippen molar-refractivity contribution in [3.8, 4) is 0 Å². The maximum absolute atomic E-state index is 5.67. The Kier molecular flexibility index (Phi) is 3.96. The summed E-state index contributed by atoms with van der Waals surface area (Å²) in [6.07, 6.45) is 0. The van der Waals surface area contributed by atoms with Gasteiger partial charge in [0.2, 0.25) is 0 Å². The molecule has 16 heavy (non-hydrogen) atoms. The van der Waals surface area contributed by atoms with E-state index in [9.17, 15) is 0 Å². The molecule has 2 aromatic rings. The highest BCUT2D eigenvalue weighted by molar-refractivity contribution is 14.1. The van der Waals surface area contributed by atoms with E-state index in [4.69, 9.17) is 5.84 Å². The number of hydrogen-bond donors (Lipinski definition) is 2. The van der Waals surface area contributed by atoms with Crippen molar-refractivity contribution in [3.05, 3.63) is 55.3 Å². The van der Waals surface area contributed by atoms with E-state index in [2.05, 4.69) is 70.7 Å². The molecule has 0 amide bonds. The smallest absolute Gasteiger partial charge is 0.0805 e. The Morgan fingerprint density at radius 1 is 1.38 bits per heavy atom. The molecular weight excluding hydrogens is 331 g/mol. The van der Waals surface area contributed by atoms with Gasteiger partial charge in [-0.05, 0) is 64.2 Å². The molecule has 0 saturated carbocycles. The zero-order valence-electron chi connectivity index (χ0n) is 8.91. The van der Waals surface area contributed by atoms with Gasteiger partial charge in [-0.2, -0.15) is 0 Å². The van der Waals surface area contributed by atoms with Crippen molar-refractivity contribution in [3.63, 3.8) is 0 Å². The summed E-state index contributed by atoms with van der Waals surface area (Å²) in [7, 11) is 0. The van der Waals surface area contributed by atoms with Gasteiger partial charge in [0, 0.05) is 8.45 Å². The average Bonchev–Trinajstić information content (AvgIpc) is 2.67. The molecule has 1 aromatic carbocycles. The number of hydrogen-bond acceptors (Lipinski definition) is 3. The van der Waals surface area contributed by atoms with Gasteiger partial charge in [-0.1, -0.05) is 12.1 Å². The predicted octanol–water partition coefficient (Wildman–Crippen LogP) is 3.21. The lowest BCUT2D eigenvalue weighted by Gasteiger charge is -2.16. The van der Waals surface area contributed by atoms with Crippen LogP contribution in [0.4, 0.5) is 0 Å². The third-order valence-electron chi connectivity index (χ3n) is 2.51. The summed E-state index contributed by atoms with van der Waals surface area (Å²) in [4.78, 5) is 1.28. The van der Waals surface area contributed by atoms with E-state index in [0.29, 0.717) is 0 Å². The molecule has 3 N–H and O–H groups in total. The Bertz CT molecular complexity index is 481. The molecule has 0 saturated heterocycles. The molecule has 1 atom stereocenters. The summed E-state index contributed by atoms with van der Waals surface area (Å²) in [5.41, 5.74) is 5.39. The molecular formula is C12H13IN2S. The van der Waals surface area contributed by atoms with Gasteiger partial charge in [0.25, 0.3) is 0 Å². The van der Waals surface area contributed by atoms with Gasteiger partial charge in [0.15, 0.2) is 0 Å². The van der Waals surface area contributed by atoms with Crippen molar-refractivity contribution in [1.29, 1.82) is 0 Å². The van der Waals surface area contributed by atoms with Crippen molar-refractivity contribution in [2.24, 2.45) is 5.84 Å². The Hall–Kier alpha value is -0.430. The molecule has 0 aliphatic heterocycles. The molecule has 2 nitrogen and oxygen atoms in total. The van der Waals surface area contributed by atoms with Crippen molar-refractivity contribution >= 4 is 33.9 Å². The number of halogens is 1. The fourth-order valence-corrected chi connectivity index (χ4v) is 3.27. The van der Waals surface area contributed by atoms with Crippen LogP contribution in [-0.4, -0.2) is 0 Å². The molecule has 0 aliphatic carbocycles. The van der Waals surface area contributed by atoms with Crippen molar-refractivity contribution < 1.29 is 0 Å². The second-order valence-electron chi connectivity index (χ2n) is 3.62. The largest absolute Gasteiger partial charge is 0.271 e. The number of hydrazine groups is 1. The summed E-state index contributed by atoms with van der Waals surface area (Å²) in [5, 5.41) is 2.10. The number of benzene rings is 1. The van der Waals surface area contributed by atoms with Gasteiger partial charge in [0.1, 0.15) is 0 Å². The molecule has 0 aliphatic rings. The highest BCUT2D eigenvalue weighted by Gasteiger charge is 2.15. The summed E-state index contributed by atoms with van der Waals surface area (Å²) in [6.45, 7) is 2.12. The molecule has 0 spiro atoms. The van der Waals surface area contributed by atoms with Crippen LogP contribution in [-0.2, 0) is 0 Å². The summed E-state index contributed by atoms with van der Waals surface area (Å²) in [5.74, 6) is 5.67. The van der Waals surface area contributed by atoms with Crippen LogP contribution >= 0.6 is 33.9 Å². The maximum atomic E-state index is 5.67.